The number of nitrogens with one attached hydrogen (secondary N) is 1. The van der Waals surface area contributed by atoms with E-state index in [-0.39, 0.29) is 12.5 Å². The third kappa shape index (κ3) is 3.71. The van der Waals surface area contributed by atoms with Gasteiger partial charge < -0.3 is 19.2 Å². The van der Waals surface area contributed by atoms with Gasteiger partial charge in [-0.3, -0.25) is 4.79 Å². The maximum Gasteiger partial charge on any atom is 0.244 e. The number of hydrogen-bond donors (Lipinski definition) is 1. The first-order valence-electron chi connectivity index (χ1n) is 7.40. The molecule has 0 aliphatic carbocycles. The summed E-state index contributed by atoms with van der Waals surface area (Å²) in [7, 11) is 0. The normalized spacial score (nSPS) is 13.3. The minimum Gasteiger partial charge on any atom is -0.486 e. The second-order valence-electron chi connectivity index (χ2n) is 5.20. The molecule has 1 aliphatic rings. The Balaban J connectivity index is 1.57. The average Bonchev–Trinajstić information content (AvgIpc) is 2.89. The largest absolute Gasteiger partial charge is 0.486 e. The lowest BCUT2D eigenvalue weighted by Gasteiger charge is -2.18. The summed E-state index contributed by atoms with van der Waals surface area (Å²) in [4.78, 5) is 16.1. The first-order chi connectivity index (χ1) is 11.1. The van der Waals surface area contributed by atoms with Crippen LogP contribution >= 0.6 is 0 Å². The van der Waals surface area contributed by atoms with Crippen LogP contribution in [-0.2, 0) is 11.3 Å². The minimum atomic E-state index is -0.214. The summed E-state index contributed by atoms with van der Waals surface area (Å²) < 4.78 is 16.4. The van der Waals surface area contributed by atoms with Crippen LogP contribution in [0, 0.1) is 13.8 Å². The van der Waals surface area contributed by atoms with Gasteiger partial charge in [-0.15, -0.1) is 0 Å². The van der Waals surface area contributed by atoms with Gasteiger partial charge in [-0.05, 0) is 37.6 Å². The molecular weight excluding hydrogens is 296 g/mol. The Morgan fingerprint density at radius 1 is 1.26 bits per heavy atom. The number of benzene rings is 1. The summed E-state index contributed by atoms with van der Waals surface area (Å²) in [6.45, 7) is 5.07. The van der Waals surface area contributed by atoms with Gasteiger partial charge in [-0.25, -0.2) is 4.98 Å². The number of carbonyl (C=O) groups is 1. The van der Waals surface area contributed by atoms with Crippen molar-refractivity contribution < 1.29 is 18.7 Å². The average molecular weight is 314 g/mol. The number of nitrogens with zero attached hydrogens (tertiary/aromatic N) is 1. The van der Waals surface area contributed by atoms with Gasteiger partial charge in [-0.2, -0.15) is 0 Å². The molecule has 23 heavy (non-hydrogen) atoms. The molecule has 6 nitrogen and oxygen atoms in total. The Labute approximate surface area is 134 Å². The van der Waals surface area contributed by atoms with E-state index in [1.807, 2.05) is 32.0 Å². The number of rotatable bonds is 4. The standard InChI is InChI=1S/C17H18N2O4/c1-11-12(2)23-17(19-11)10-18-16(20)6-4-13-3-5-14-15(9-13)22-8-7-21-14/h3-6,9H,7-8,10H2,1-2H3,(H,18,20)/b6-4+. The first-order valence-corrected chi connectivity index (χ1v) is 7.40. The second-order valence-corrected chi connectivity index (χ2v) is 5.20. The molecule has 0 saturated heterocycles. The summed E-state index contributed by atoms with van der Waals surface area (Å²) in [5.41, 5.74) is 1.70. The molecule has 0 bridgehead atoms. The molecule has 2 heterocycles. The lowest BCUT2D eigenvalue weighted by Crippen LogP contribution is -2.20. The van der Waals surface area contributed by atoms with E-state index in [0.29, 0.717) is 24.9 Å². The van der Waals surface area contributed by atoms with Crippen molar-refractivity contribution in [2.45, 2.75) is 20.4 Å². The third-order valence-corrected chi connectivity index (χ3v) is 3.48. The Morgan fingerprint density at radius 3 is 2.78 bits per heavy atom. The highest BCUT2D eigenvalue weighted by Gasteiger charge is 2.11. The number of amides is 1. The van der Waals surface area contributed by atoms with Crippen molar-refractivity contribution in [3.63, 3.8) is 0 Å². The Kier molecular flexibility index (Phi) is 4.32. The quantitative estimate of drug-likeness (QED) is 0.877. The molecule has 1 aliphatic heterocycles. The molecule has 1 amide bonds. The van der Waals surface area contributed by atoms with E-state index >= 15 is 0 Å². The van der Waals surface area contributed by atoms with Crippen LogP contribution in [0.15, 0.2) is 28.7 Å². The van der Waals surface area contributed by atoms with Gasteiger partial charge >= 0.3 is 0 Å². The highest BCUT2D eigenvalue weighted by atomic mass is 16.6. The Morgan fingerprint density at radius 2 is 2.04 bits per heavy atom. The van der Waals surface area contributed by atoms with Crippen molar-refractivity contribution in [3.05, 3.63) is 47.2 Å². The van der Waals surface area contributed by atoms with Gasteiger partial charge in [0.1, 0.15) is 19.0 Å². The summed E-state index contributed by atoms with van der Waals surface area (Å²) in [6.07, 6.45) is 3.19. The number of fused-ring (bicyclic) bond motifs is 1. The summed E-state index contributed by atoms with van der Waals surface area (Å²) in [5.74, 6) is 2.48. The predicted octanol–water partition coefficient (Wildman–Crippen LogP) is 2.39. The van der Waals surface area contributed by atoms with Crippen molar-refractivity contribution in [3.8, 4) is 11.5 Å². The Hall–Kier alpha value is -2.76. The fraction of sp³-hybridized carbons (Fsp3) is 0.294. The number of carbonyl (C=O) groups excluding carboxylic acids is 1. The van der Waals surface area contributed by atoms with Crippen LogP contribution < -0.4 is 14.8 Å². The molecule has 0 spiro atoms. The van der Waals surface area contributed by atoms with Crippen molar-refractivity contribution in [1.29, 1.82) is 0 Å². The molecule has 0 radical (unpaired) electrons. The van der Waals surface area contributed by atoms with Gasteiger partial charge in [0.15, 0.2) is 11.5 Å². The maximum absolute atomic E-state index is 11.8. The van der Waals surface area contributed by atoms with E-state index in [4.69, 9.17) is 13.9 Å². The van der Waals surface area contributed by atoms with E-state index in [0.717, 1.165) is 22.8 Å². The van der Waals surface area contributed by atoms with E-state index in [9.17, 15) is 4.79 Å². The lowest BCUT2D eigenvalue weighted by atomic mass is 10.2. The molecule has 1 aromatic heterocycles. The number of aryl methyl sites for hydroxylation is 2. The molecule has 6 heteroatoms. The van der Waals surface area contributed by atoms with Crippen molar-refractivity contribution in [2.75, 3.05) is 13.2 Å². The van der Waals surface area contributed by atoms with Crippen LogP contribution in [0.2, 0.25) is 0 Å². The second kappa shape index (κ2) is 6.56. The van der Waals surface area contributed by atoms with Gasteiger partial charge in [0.05, 0.1) is 12.2 Å². The van der Waals surface area contributed by atoms with Crippen LogP contribution in [0.1, 0.15) is 22.9 Å². The number of ether oxygens (including phenoxy) is 2. The van der Waals surface area contributed by atoms with Crippen molar-refractivity contribution in [2.24, 2.45) is 0 Å². The van der Waals surface area contributed by atoms with E-state index in [1.165, 1.54) is 6.08 Å². The highest BCUT2D eigenvalue weighted by Crippen LogP contribution is 2.31. The fourth-order valence-electron chi connectivity index (χ4n) is 2.17. The molecule has 0 saturated carbocycles. The molecule has 1 N–H and O–H groups in total. The summed E-state index contributed by atoms with van der Waals surface area (Å²) >= 11 is 0. The predicted molar refractivity (Wildman–Crippen MR) is 84.3 cm³/mol. The fourth-order valence-corrected chi connectivity index (χ4v) is 2.17. The number of aromatic nitrogens is 1. The van der Waals surface area contributed by atoms with Gasteiger partial charge in [0, 0.05) is 6.08 Å². The van der Waals surface area contributed by atoms with Gasteiger partial charge in [-0.1, -0.05) is 6.07 Å². The van der Waals surface area contributed by atoms with Crippen LogP contribution in [0.4, 0.5) is 0 Å². The van der Waals surface area contributed by atoms with Gasteiger partial charge in [0.2, 0.25) is 11.8 Å². The topological polar surface area (TPSA) is 73.6 Å². The van der Waals surface area contributed by atoms with Crippen LogP contribution in [0.25, 0.3) is 6.08 Å². The van der Waals surface area contributed by atoms with E-state index in [1.54, 1.807) is 6.08 Å². The van der Waals surface area contributed by atoms with Crippen molar-refractivity contribution >= 4 is 12.0 Å². The van der Waals surface area contributed by atoms with Gasteiger partial charge in [0.25, 0.3) is 0 Å². The summed E-state index contributed by atoms with van der Waals surface area (Å²) in [5, 5.41) is 2.73. The zero-order valence-electron chi connectivity index (χ0n) is 13.1. The maximum atomic E-state index is 11.8. The highest BCUT2D eigenvalue weighted by molar-refractivity contribution is 5.91. The number of oxazole rings is 1. The molecule has 0 unspecified atom stereocenters. The molecule has 1 aromatic carbocycles. The summed E-state index contributed by atoms with van der Waals surface area (Å²) in [6, 6.07) is 5.56. The third-order valence-electron chi connectivity index (χ3n) is 3.48. The SMILES string of the molecule is Cc1nc(CNC(=O)/C=C/c2ccc3c(c2)OCCO3)oc1C. The molecule has 3 rings (SSSR count). The van der Waals surface area contributed by atoms with E-state index in [2.05, 4.69) is 10.3 Å². The Bertz CT molecular complexity index is 730. The monoisotopic (exact) mass is 314 g/mol. The number of hydrogen-bond acceptors (Lipinski definition) is 5. The molecule has 0 fully saturated rings. The molecule has 2 aromatic rings. The van der Waals surface area contributed by atoms with Crippen LogP contribution in [0.3, 0.4) is 0 Å². The van der Waals surface area contributed by atoms with E-state index < -0.39 is 0 Å². The van der Waals surface area contributed by atoms with Crippen LogP contribution in [-0.4, -0.2) is 24.1 Å². The zero-order chi connectivity index (χ0) is 16.2. The zero-order valence-corrected chi connectivity index (χ0v) is 13.1. The molecular formula is C17H18N2O4. The smallest absolute Gasteiger partial charge is 0.244 e. The van der Waals surface area contributed by atoms with Crippen molar-refractivity contribution in [1.82, 2.24) is 10.3 Å². The molecule has 0 atom stereocenters. The molecule has 120 valence electrons. The lowest BCUT2D eigenvalue weighted by molar-refractivity contribution is -0.116. The first kappa shape index (κ1) is 15.1. The van der Waals surface area contributed by atoms with Crippen LogP contribution in [0.5, 0.6) is 11.5 Å². The minimum absolute atomic E-state index is 0.214.